The molecule has 5 heteroatoms. The van der Waals surface area contributed by atoms with E-state index in [0.717, 1.165) is 51.6 Å². The summed E-state index contributed by atoms with van der Waals surface area (Å²) in [5.41, 5.74) is 5.82. The van der Waals surface area contributed by atoms with E-state index in [1.54, 1.807) is 0 Å². The number of hydrogen-bond donors (Lipinski definition) is 2. The number of nitrogens with two attached hydrogens (primary N) is 1. The van der Waals surface area contributed by atoms with Crippen LogP contribution in [-0.4, -0.2) is 41.9 Å². The van der Waals surface area contributed by atoms with Gasteiger partial charge in [0.2, 0.25) is 11.8 Å². The summed E-state index contributed by atoms with van der Waals surface area (Å²) in [6.07, 6.45) is 7.75. The van der Waals surface area contributed by atoms with Gasteiger partial charge in [-0.3, -0.25) is 9.59 Å². The lowest BCUT2D eigenvalue weighted by Gasteiger charge is -2.27. The molecule has 0 aromatic rings. The number of amides is 2. The molecule has 0 radical (unpaired) electrons. The summed E-state index contributed by atoms with van der Waals surface area (Å²) >= 11 is 0. The molecular weight excluding hydrogens is 242 g/mol. The lowest BCUT2D eigenvalue weighted by atomic mass is 9.94. The minimum absolute atomic E-state index is 0.0329. The number of piperidine rings is 1. The van der Waals surface area contributed by atoms with E-state index in [2.05, 4.69) is 5.32 Å². The highest BCUT2D eigenvalue weighted by Gasteiger charge is 2.31. The number of nitrogens with zero attached hydrogens (tertiary/aromatic N) is 1. The normalized spacial score (nSPS) is 22.3. The zero-order valence-corrected chi connectivity index (χ0v) is 11.6. The second-order valence-electron chi connectivity index (χ2n) is 5.96. The van der Waals surface area contributed by atoms with E-state index in [1.807, 2.05) is 4.90 Å². The molecule has 2 fully saturated rings. The first kappa shape index (κ1) is 14.3. The number of hydrogen-bond acceptors (Lipinski definition) is 3. The van der Waals surface area contributed by atoms with Gasteiger partial charge in [0.25, 0.3) is 0 Å². The van der Waals surface area contributed by atoms with Gasteiger partial charge in [-0.25, -0.2) is 0 Å². The van der Waals surface area contributed by atoms with E-state index < -0.39 is 0 Å². The van der Waals surface area contributed by atoms with Crippen molar-refractivity contribution in [2.45, 2.75) is 56.9 Å². The van der Waals surface area contributed by atoms with E-state index in [4.69, 9.17) is 5.73 Å². The van der Waals surface area contributed by atoms with E-state index in [9.17, 15) is 9.59 Å². The van der Waals surface area contributed by atoms with Crippen molar-refractivity contribution in [1.82, 2.24) is 10.2 Å². The molecule has 1 saturated heterocycles. The summed E-state index contributed by atoms with van der Waals surface area (Å²) in [6, 6.07) is 0. The molecule has 1 aliphatic heterocycles. The van der Waals surface area contributed by atoms with Gasteiger partial charge >= 0.3 is 0 Å². The van der Waals surface area contributed by atoms with Crippen LogP contribution in [0.3, 0.4) is 0 Å². The van der Waals surface area contributed by atoms with Gasteiger partial charge in [-0.2, -0.15) is 0 Å². The fourth-order valence-electron chi connectivity index (χ4n) is 3.07. The van der Waals surface area contributed by atoms with Crippen LogP contribution in [0.2, 0.25) is 0 Å². The van der Waals surface area contributed by atoms with Gasteiger partial charge in [0.05, 0.1) is 6.54 Å². The summed E-state index contributed by atoms with van der Waals surface area (Å²) in [4.78, 5) is 25.6. The number of likely N-dealkylation sites (tertiary alicyclic amines) is 1. The minimum atomic E-state index is -0.335. The number of carbonyl (C=O) groups excluding carboxylic acids is 2. The highest BCUT2D eigenvalue weighted by Crippen LogP contribution is 2.29. The Hall–Kier alpha value is -1.10. The zero-order chi connectivity index (χ0) is 13.7. The predicted molar refractivity (Wildman–Crippen MR) is 73.4 cm³/mol. The maximum Gasteiger partial charge on any atom is 0.241 e. The molecule has 0 atom stereocenters. The number of nitrogens with one attached hydrogen (secondary N) is 1. The van der Waals surface area contributed by atoms with Crippen molar-refractivity contribution in [2.24, 2.45) is 5.73 Å². The van der Waals surface area contributed by atoms with Crippen molar-refractivity contribution in [3.63, 3.8) is 0 Å². The van der Waals surface area contributed by atoms with E-state index in [0.29, 0.717) is 6.42 Å². The number of rotatable bonds is 4. The molecule has 1 saturated carbocycles. The lowest BCUT2D eigenvalue weighted by molar-refractivity contribution is -0.133. The van der Waals surface area contributed by atoms with Crippen molar-refractivity contribution in [1.29, 1.82) is 0 Å². The standard InChI is InChI=1S/C14H25N3O2/c15-14(6-2-3-7-14)10-12(18)16-11-13(19)17-8-4-1-5-9-17/h1-11,15H2,(H,16,18). The van der Waals surface area contributed by atoms with Gasteiger partial charge in [-0.1, -0.05) is 12.8 Å². The smallest absolute Gasteiger partial charge is 0.241 e. The topological polar surface area (TPSA) is 75.4 Å². The van der Waals surface area contributed by atoms with Crippen LogP contribution in [0.15, 0.2) is 0 Å². The first-order chi connectivity index (χ1) is 9.09. The van der Waals surface area contributed by atoms with Crippen molar-refractivity contribution in [2.75, 3.05) is 19.6 Å². The van der Waals surface area contributed by atoms with Crippen molar-refractivity contribution in [3.05, 3.63) is 0 Å². The summed E-state index contributed by atoms with van der Waals surface area (Å²) < 4.78 is 0. The summed E-state index contributed by atoms with van der Waals surface area (Å²) in [5, 5.41) is 2.72. The van der Waals surface area contributed by atoms with Crippen LogP contribution in [0.1, 0.15) is 51.4 Å². The van der Waals surface area contributed by atoms with Crippen LogP contribution >= 0.6 is 0 Å². The van der Waals surface area contributed by atoms with Crippen LogP contribution in [0, 0.1) is 0 Å². The van der Waals surface area contributed by atoms with Crippen LogP contribution in [0.4, 0.5) is 0 Å². The summed E-state index contributed by atoms with van der Waals surface area (Å²) in [7, 11) is 0. The molecule has 0 unspecified atom stereocenters. The Balaban J connectivity index is 1.69. The molecule has 1 aliphatic carbocycles. The monoisotopic (exact) mass is 267 g/mol. The van der Waals surface area contributed by atoms with Crippen molar-refractivity contribution >= 4 is 11.8 Å². The molecule has 5 nitrogen and oxygen atoms in total. The third-order valence-corrected chi connectivity index (χ3v) is 4.26. The third kappa shape index (κ3) is 4.20. The minimum Gasteiger partial charge on any atom is -0.347 e. The van der Waals surface area contributed by atoms with Gasteiger partial charge in [-0.05, 0) is 32.1 Å². The molecule has 2 aliphatic rings. The van der Waals surface area contributed by atoms with E-state index in [-0.39, 0.29) is 23.9 Å². The van der Waals surface area contributed by atoms with Crippen LogP contribution < -0.4 is 11.1 Å². The molecule has 19 heavy (non-hydrogen) atoms. The first-order valence-corrected chi connectivity index (χ1v) is 7.42. The Morgan fingerprint density at radius 2 is 1.68 bits per heavy atom. The van der Waals surface area contributed by atoms with Crippen LogP contribution in [0.5, 0.6) is 0 Å². The van der Waals surface area contributed by atoms with Crippen LogP contribution in [-0.2, 0) is 9.59 Å². The highest BCUT2D eigenvalue weighted by atomic mass is 16.2. The largest absolute Gasteiger partial charge is 0.347 e. The van der Waals surface area contributed by atoms with Gasteiger partial charge in [0, 0.05) is 25.0 Å². The lowest BCUT2D eigenvalue weighted by Crippen LogP contribution is -2.46. The Kier molecular flexibility index (Phi) is 4.80. The SMILES string of the molecule is NC1(CC(=O)NCC(=O)N2CCCCC2)CCCC1. The Bertz CT molecular complexity index is 332. The Morgan fingerprint density at radius 3 is 2.32 bits per heavy atom. The quantitative estimate of drug-likeness (QED) is 0.790. The molecule has 0 bridgehead atoms. The maximum atomic E-state index is 11.9. The molecule has 3 N–H and O–H groups in total. The molecule has 0 aromatic carbocycles. The molecule has 108 valence electrons. The molecule has 2 rings (SSSR count). The molecular formula is C14H25N3O2. The van der Waals surface area contributed by atoms with Gasteiger partial charge in [0.15, 0.2) is 0 Å². The molecule has 1 heterocycles. The average molecular weight is 267 g/mol. The van der Waals surface area contributed by atoms with Gasteiger partial charge in [0.1, 0.15) is 0 Å². The second-order valence-corrected chi connectivity index (χ2v) is 5.96. The van der Waals surface area contributed by atoms with Gasteiger partial charge < -0.3 is 16.0 Å². The molecule has 0 spiro atoms. The zero-order valence-electron chi connectivity index (χ0n) is 11.6. The van der Waals surface area contributed by atoms with E-state index >= 15 is 0 Å². The average Bonchev–Trinajstić information content (AvgIpc) is 2.83. The predicted octanol–water partition coefficient (Wildman–Crippen LogP) is 0.777. The first-order valence-electron chi connectivity index (χ1n) is 7.42. The van der Waals surface area contributed by atoms with Crippen molar-refractivity contribution < 1.29 is 9.59 Å². The van der Waals surface area contributed by atoms with Crippen molar-refractivity contribution in [3.8, 4) is 0 Å². The van der Waals surface area contributed by atoms with E-state index in [1.165, 1.54) is 6.42 Å². The Morgan fingerprint density at radius 1 is 1.05 bits per heavy atom. The van der Waals surface area contributed by atoms with Gasteiger partial charge in [-0.15, -0.1) is 0 Å². The third-order valence-electron chi connectivity index (χ3n) is 4.26. The summed E-state index contributed by atoms with van der Waals surface area (Å²) in [6.45, 7) is 1.78. The van der Waals surface area contributed by atoms with Crippen LogP contribution in [0.25, 0.3) is 0 Å². The Labute approximate surface area is 114 Å². The number of carbonyl (C=O) groups is 2. The highest BCUT2D eigenvalue weighted by molar-refractivity contribution is 5.85. The fraction of sp³-hybridized carbons (Fsp3) is 0.857. The summed E-state index contributed by atoms with van der Waals surface area (Å²) in [5.74, 6) is -0.0553. The fourth-order valence-corrected chi connectivity index (χ4v) is 3.07. The maximum absolute atomic E-state index is 11.9. The second kappa shape index (κ2) is 6.37. The molecule has 2 amide bonds. The molecule has 0 aromatic heterocycles.